The molecular formula is C46H31NS. The Hall–Kier alpha value is -5.96. The summed E-state index contributed by atoms with van der Waals surface area (Å²) >= 11 is 1.07. The minimum absolute atomic E-state index is 0.187. The summed E-state index contributed by atoms with van der Waals surface area (Å²) in [4.78, 5) is 1.96. The van der Waals surface area contributed by atoms with Gasteiger partial charge in [0.1, 0.15) is 0 Å². The quantitative estimate of drug-likeness (QED) is 0.176. The van der Waals surface area contributed by atoms with Gasteiger partial charge >= 0.3 is 0 Å². The zero-order chi connectivity index (χ0) is 38.0. The van der Waals surface area contributed by atoms with Crippen molar-refractivity contribution in [2.75, 3.05) is 4.90 Å². The van der Waals surface area contributed by atoms with E-state index in [0.717, 1.165) is 55.5 Å². The van der Waals surface area contributed by atoms with E-state index in [0.29, 0.717) is 21.5 Å². The van der Waals surface area contributed by atoms with Crippen molar-refractivity contribution in [1.82, 2.24) is 0 Å². The third-order valence-corrected chi connectivity index (χ3v) is 9.81. The van der Waals surface area contributed by atoms with Crippen LogP contribution in [-0.4, -0.2) is 0 Å². The third kappa shape index (κ3) is 4.86. The van der Waals surface area contributed by atoms with Crippen LogP contribution in [0.15, 0.2) is 188 Å². The minimum Gasteiger partial charge on any atom is -0.309 e. The molecule has 0 aliphatic rings. The fourth-order valence-electron chi connectivity index (χ4n) is 6.66. The fraction of sp³-hybridized carbons (Fsp3) is 0. The van der Waals surface area contributed by atoms with E-state index in [9.17, 15) is 1.37 Å². The summed E-state index contributed by atoms with van der Waals surface area (Å²) in [5, 5.41) is 2.57. The summed E-state index contributed by atoms with van der Waals surface area (Å²) in [6, 6.07) is 46.8. The summed E-state index contributed by atoms with van der Waals surface area (Å²) in [6.07, 6.45) is 0. The van der Waals surface area contributed by atoms with E-state index in [-0.39, 0.29) is 52.0 Å². The largest absolute Gasteiger partial charge is 0.309 e. The molecule has 0 saturated carbocycles. The molecule has 0 atom stereocenters. The van der Waals surface area contributed by atoms with E-state index in [1.54, 1.807) is 0 Å². The van der Waals surface area contributed by atoms with Gasteiger partial charge in [0, 0.05) is 31.4 Å². The zero-order valence-corrected chi connectivity index (χ0v) is 26.5. The van der Waals surface area contributed by atoms with Crippen LogP contribution in [0.4, 0.5) is 17.1 Å². The summed E-state index contributed by atoms with van der Waals surface area (Å²) in [5.41, 5.74) is 7.46. The Kier molecular flexibility index (Phi) is 5.44. The van der Waals surface area contributed by atoms with Crippen LogP contribution in [0.1, 0.15) is 9.60 Å². The number of rotatable bonds is 6. The van der Waals surface area contributed by atoms with Crippen LogP contribution in [0.5, 0.6) is 0 Å². The Morgan fingerprint density at radius 3 is 1.88 bits per heavy atom. The molecule has 0 spiro atoms. The van der Waals surface area contributed by atoms with Crippen molar-refractivity contribution in [1.29, 1.82) is 0 Å². The van der Waals surface area contributed by atoms with Gasteiger partial charge in [-0.25, -0.2) is 0 Å². The molecule has 8 aromatic carbocycles. The van der Waals surface area contributed by atoms with Gasteiger partial charge in [-0.05, 0) is 74.9 Å². The first kappa shape index (κ1) is 21.8. The average molecular weight is 637 g/mol. The van der Waals surface area contributed by atoms with Crippen molar-refractivity contribution >= 4 is 59.3 Å². The van der Waals surface area contributed by atoms with E-state index >= 15 is 0 Å². The van der Waals surface area contributed by atoms with Crippen LogP contribution in [0, 0.1) is 0 Å². The van der Waals surface area contributed by atoms with Crippen molar-refractivity contribution in [3.05, 3.63) is 188 Å². The highest BCUT2D eigenvalue weighted by atomic mass is 32.1. The lowest BCUT2D eigenvalue weighted by Gasteiger charge is -2.30. The summed E-state index contributed by atoms with van der Waals surface area (Å²) in [5.74, 6) is 0. The maximum absolute atomic E-state index is 9.68. The van der Waals surface area contributed by atoms with Crippen LogP contribution in [-0.2, 0) is 0 Å². The summed E-state index contributed by atoms with van der Waals surface area (Å²) < 4.78 is 63.7. The molecule has 0 saturated heterocycles. The number of nitrogens with zero attached hydrogens (tertiary/aromatic N) is 1. The first-order valence-electron chi connectivity index (χ1n) is 19.3. The smallest absolute Gasteiger partial charge is 0.0645 e. The molecule has 1 heterocycles. The van der Waals surface area contributed by atoms with Gasteiger partial charge in [0.05, 0.1) is 21.0 Å². The second-order valence-corrected chi connectivity index (χ2v) is 12.6. The van der Waals surface area contributed by atoms with Gasteiger partial charge in [0.25, 0.3) is 0 Å². The number of thiophene rings is 1. The number of para-hydroxylation sites is 1. The van der Waals surface area contributed by atoms with Gasteiger partial charge < -0.3 is 4.90 Å². The molecule has 226 valence electrons. The topological polar surface area (TPSA) is 3.24 Å². The van der Waals surface area contributed by atoms with Gasteiger partial charge in [-0.1, -0.05) is 152 Å². The lowest BCUT2D eigenvalue weighted by atomic mass is 9.92. The highest BCUT2D eigenvalue weighted by Crippen LogP contribution is 2.49. The van der Waals surface area contributed by atoms with E-state index in [1.165, 1.54) is 0 Å². The average Bonchev–Trinajstić information content (AvgIpc) is 3.64. The van der Waals surface area contributed by atoms with Gasteiger partial charge in [-0.15, -0.1) is 11.3 Å². The Labute approximate surface area is 294 Å². The number of fused-ring (bicyclic) bond motifs is 4. The Balaban J connectivity index is 1.47. The van der Waals surface area contributed by atoms with Crippen LogP contribution >= 0.6 is 11.3 Å². The number of hydrogen-bond donors (Lipinski definition) is 0. The molecule has 48 heavy (non-hydrogen) atoms. The minimum atomic E-state index is -0.392. The van der Waals surface area contributed by atoms with Gasteiger partial charge in [0.15, 0.2) is 0 Å². The number of benzene rings is 8. The van der Waals surface area contributed by atoms with E-state index in [2.05, 4.69) is 60.7 Å². The second-order valence-electron chi connectivity index (χ2n) is 11.6. The molecule has 1 nitrogen and oxygen atoms in total. The summed E-state index contributed by atoms with van der Waals surface area (Å²) in [7, 11) is 0. The zero-order valence-electron chi connectivity index (χ0n) is 32.7. The molecule has 0 bridgehead atoms. The summed E-state index contributed by atoms with van der Waals surface area (Å²) in [6.45, 7) is 0. The lowest BCUT2D eigenvalue weighted by molar-refractivity contribution is 1.31. The van der Waals surface area contributed by atoms with Crippen LogP contribution in [0.3, 0.4) is 0 Å². The SMILES string of the molecule is [2H]c1c([2H])c([2H])c2c(sc3c([2H])c([2H])c([2H])c(N(c4cc(-c5ccccc5)c5ccccc5c4)c4ccccc4-c4ccccc4-c4ccccc4)c32)c1[2H]. The molecular weight excluding hydrogens is 599 g/mol. The molecule has 0 aliphatic carbocycles. The van der Waals surface area contributed by atoms with Crippen molar-refractivity contribution in [2.24, 2.45) is 0 Å². The van der Waals surface area contributed by atoms with Crippen LogP contribution in [0.2, 0.25) is 0 Å². The highest BCUT2D eigenvalue weighted by Gasteiger charge is 2.23. The fourth-order valence-corrected chi connectivity index (χ4v) is 7.63. The van der Waals surface area contributed by atoms with Crippen molar-refractivity contribution < 1.29 is 9.60 Å². The van der Waals surface area contributed by atoms with Crippen LogP contribution in [0.25, 0.3) is 64.3 Å². The van der Waals surface area contributed by atoms with Crippen LogP contribution < -0.4 is 4.90 Å². The standard InChI is InChI=1S/C46H31NS/c1-3-16-32(17-4-1)36-21-9-10-23-38(36)39-24-11-13-26-42(39)47(43-27-15-29-45-46(43)40-25-12-14-28-44(40)48-45)35-30-34-20-7-8-22-37(34)41(31-35)33-18-5-2-6-19-33/h1-31H/i12D,14D,15D,25D,27D,28D,29D. The number of anilines is 3. The molecule has 9 aromatic rings. The number of hydrogen-bond acceptors (Lipinski definition) is 2. The molecule has 0 N–H and O–H groups in total. The Morgan fingerprint density at radius 2 is 1.06 bits per heavy atom. The molecule has 0 radical (unpaired) electrons. The molecule has 0 fully saturated rings. The second kappa shape index (κ2) is 12.0. The van der Waals surface area contributed by atoms with Crippen molar-refractivity contribution in [2.45, 2.75) is 0 Å². The molecule has 1 aromatic heterocycles. The first-order valence-corrected chi connectivity index (χ1v) is 16.6. The van der Waals surface area contributed by atoms with E-state index < -0.39 is 6.04 Å². The predicted octanol–water partition coefficient (Wildman–Crippen LogP) is 13.7. The predicted molar refractivity (Wildman–Crippen MR) is 208 cm³/mol. The first-order chi connectivity index (χ1) is 26.7. The van der Waals surface area contributed by atoms with Gasteiger partial charge in [-0.3, -0.25) is 0 Å². The van der Waals surface area contributed by atoms with E-state index in [4.69, 9.17) is 8.22 Å². The molecule has 9 rings (SSSR count). The lowest BCUT2D eigenvalue weighted by Crippen LogP contribution is -2.12. The normalized spacial score (nSPS) is 13.4. The Morgan fingerprint density at radius 1 is 0.438 bits per heavy atom. The van der Waals surface area contributed by atoms with Gasteiger partial charge in [0.2, 0.25) is 0 Å². The third-order valence-electron chi connectivity index (χ3n) is 8.79. The molecule has 0 amide bonds. The van der Waals surface area contributed by atoms with Crippen molar-refractivity contribution in [3.63, 3.8) is 0 Å². The maximum atomic E-state index is 9.68. The van der Waals surface area contributed by atoms with Gasteiger partial charge in [-0.2, -0.15) is 0 Å². The molecule has 0 aliphatic heterocycles. The van der Waals surface area contributed by atoms with E-state index in [1.807, 2.05) is 89.8 Å². The highest BCUT2D eigenvalue weighted by molar-refractivity contribution is 7.26. The van der Waals surface area contributed by atoms with Crippen molar-refractivity contribution in [3.8, 4) is 33.4 Å². The Bertz CT molecular complexity index is 2960. The maximum Gasteiger partial charge on any atom is 0.0645 e. The molecule has 0 unspecified atom stereocenters. The molecule has 2 heteroatoms. The monoisotopic (exact) mass is 636 g/mol.